The fourth-order valence-corrected chi connectivity index (χ4v) is 5.07. The van der Waals surface area contributed by atoms with Gasteiger partial charge in [-0.25, -0.2) is 8.42 Å². The van der Waals surface area contributed by atoms with Crippen LogP contribution in [0.5, 0.6) is 17.2 Å². The van der Waals surface area contributed by atoms with E-state index in [0.29, 0.717) is 32.4 Å². The smallest absolute Gasteiger partial charge is 0.263 e. The highest BCUT2D eigenvalue weighted by Gasteiger charge is 2.23. The Hall–Kier alpha value is -1.68. The molecule has 1 unspecified atom stereocenters. The van der Waals surface area contributed by atoms with Crippen molar-refractivity contribution in [2.45, 2.75) is 17.4 Å². The van der Waals surface area contributed by atoms with E-state index < -0.39 is 10.0 Å². The first kappa shape index (κ1) is 21.0. The molecule has 0 spiro atoms. The van der Waals surface area contributed by atoms with E-state index in [2.05, 4.69) is 26.0 Å². The summed E-state index contributed by atoms with van der Waals surface area (Å²) in [6, 6.07) is 7.68. The van der Waals surface area contributed by atoms with Crippen molar-refractivity contribution in [3.63, 3.8) is 0 Å². The zero-order valence-corrected chi connectivity index (χ0v) is 18.4. The summed E-state index contributed by atoms with van der Waals surface area (Å²) in [6.45, 7) is 1.60. The van der Waals surface area contributed by atoms with Crippen molar-refractivity contribution in [3.05, 3.63) is 39.8 Å². The van der Waals surface area contributed by atoms with Crippen LogP contribution in [0.1, 0.15) is 6.42 Å². The molecule has 1 atom stereocenters. The molecular weight excluding hydrogens is 472 g/mol. The van der Waals surface area contributed by atoms with Crippen molar-refractivity contribution in [2.24, 2.45) is 0 Å². The average molecular weight is 492 g/mol. The first-order valence-corrected chi connectivity index (χ1v) is 11.1. The lowest BCUT2D eigenvalue weighted by atomic mass is 10.3. The normalized spacial score (nSPS) is 16.6. The van der Waals surface area contributed by atoms with Gasteiger partial charge in [-0.3, -0.25) is 4.72 Å². The Balaban J connectivity index is 1.88. The Kier molecular flexibility index (Phi) is 6.59. The second kappa shape index (κ2) is 8.77. The molecule has 0 saturated carbocycles. The minimum absolute atomic E-state index is 0.00403. The molecule has 2 aromatic carbocycles. The second-order valence-electron chi connectivity index (χ2n) is 6.12. The summed E-state index contributed by atoms with van der Waals surface area (Å²) in [6.07, 6.45) is 0.870. The van der Waals surface area contributed by atoms with Gasteiger partial charge in [-0.05, 0) is 47.1 Å². The number of hydrogen-bond acceptors (Lipinski definition) is 6. The predicted octanol–water partition coefficient (Wildman–Crippen LogP) is 3.66. The van der Waals surface area contributed by atoms with E-state index in [9.17, 15) is 8.42 Å². The highest BCUT2D eigenvalue weighted by Crippen LogP contribution is 2.37. The maximum atomic E-state index is 12.9. The number of nitrogens with one attached hydrogen (secondary N) is 2. The third kappa shape index (κ3) is 4.65. The summed E-state index contributed by atoms with van der Waals surface area (Å²) in [5.41, 5.74) is 0.340. The maximum absolute atomic E-state index is 12.9. The number of rotatable bonds is 7. The number of anilines is 1. The Morgan fingerprint density at radius 1 is 1.14 bits per heavy atom. The van der Waals surface area contributed by atoms with Crippen LogP contribution >= 0.6 is 27.5 Å². The molecule has 1 saturated heterocycles. The second-order valence-corrected chi connectivity index (χ2v) is 9.03. The zero-order chi connectivity index (χ0) is 20.3. The number of methoxy groups -OCH3 is 2. The lowest BCUT2D eigenvalue weighted by Crippen LogP contribution is -2.20. The van der Waals surface area contributed by atoms with Crippen molar-refractivity contribution in [3.8, 4) is 17.2 Å². The fraction of sp³-hybridized carbons (Fsp3) is 0.333. The molecule has 1 fully saturated rings. The molecule has 28 heavy (non-hydrogen) atoms. The Bertz CT molecular complexity index is 965. The van der Waals surface area contributed by atoms with Crippen LogP contribution in [0.15, 0.2) is 39.7 Å². The Labute approximate surface area is 177 Å². The van der Waals surface area contributed by atoms with Crippen LogP contribution in [0.4, 0.5) is 5.69 Å². The predicted molar refractivity (Wildman–Crippen MR) is 111 cm³/mol. The third-order valence-electron chi connectivity index (χ3n) is 4.22. The molecule has 1 aliphatic heterocycles. The monoisotopic (exact) mass is 490 g/mol. The summed E-state index contributed by atoms with van der Waals surface area (Å²) >= 11 is 9.48. The van der Waals surface area contributed by atoms with Crippen LogP contribution < -0.4 is 24.2 Å². The van der Waals surface area contributed by atoms with Gasteiger partial charge in [0.1, 0.15) is 16.7 Å². The molecule has 7 nitrogen and oxygen atoms in total. The zero-order valence-electron chi connectivity index (χ0n) is 15.3. The molecule has 2 N–H and O–H groups in total. The average Bonchev–Trinajstić information content (AvgIpc) is 3.16. The van der Waals surface area contributed by atoms with Gasteiger partial charge in [-0.2, -0.15) is 0 Å². The first-order valence-electron chi connectivity index (χ1n) is 8.45. The van der Waals surface area contributed by atoms with Gasteiger partial charge in [0.15, 0.2) is 11.5 Å². The quantitative estimate of drug-likeness (QED) is 0.615. The molecule has 0 aliphatic carbocycles. The summed E-state index contributed by atoms with van der Waals surface area (Å²) in [5, 5.41) is 3.62. The molecular formula is C18H20BrClN2O5S. The topological polar surface area (TPSA) is 85.9 Å². The van der Waals surface area contributed by atoms with Crippen LogP contribution in [0, 0.1) is 0 Å². The third-order valence-corrected chi connectivity index (χ3v) is 6.87. The van der Waals surface area contributed by atoms with Gasteiger partial charge in [0.25, 0.3) is 10.0 Å². The van der Waals surface area contributed by atoms with Gasteiger partial charge in [-0.1, -0.05) is 11.6 Å². The van der Waals surface area contributed by atoms with Gasteiger partial charge in [0.2, 0.25) is 0 Å². The van der Waals surface area contributed by atoms with Crippen LogP contribution in [0.3, 0.4) is 0 Å². The van der Waals surface area contributed by atoms with E-state index in [1.807, 2.05) is 0 Å². The molecule has 1 aliphatic rings. The molecule has 0 bridgehead atoms. The number of benzene rings is 2. The lowest BCUT2D eigenvalue weighted by Gasteiger charge is -2.16. The number of halogens is 2. The van der Waals surface area contributed by atoms with Crippen molar-refractivity contribution >= 4 is 43.2 Å². The molecule has 0 radical (unpaired) electrons. The van der Waals surface area contributed by atoms with E-state index in [4.69, 9.17) is 25.8 Å². The van der Waals surface area contributed by atoms with Crippen LogP contribution in [-0.2, 0) is 10.0 Å². The van der Waals surface area contributed by atoms with Crippen molar-refractivity contribution in [1.29, 1.82) is 0 Å². The van der Waals surface area contributed by atoms with Crippen molar-refractivity contribution in [2.75, 3.05) is 32.0 Å². The van der Waals surface area contributed by atoms with E-state index in [1.165, 1.54) is 26.4 Å². The van der Waals surface area contributed by atoms with Crippen LogP contribution in [0.2, 0.25) is 5.02 Å². The van der Waals surface area contributed by atoms with Gasteiger partial charge < -0.3 is 19.5 Å². The van der Waals surface area contributed by atoms with Gasteiger partial charge in [0, 0.05) is 23.2 Å². The minimum Gasteiger partial charge on any atom is -0.493 e. The molecule has 2 aromatic rings. The van der Waals surface area contributed by atoms with Gasteiger partial charge >= 0.3 is 0 Å². The van der Waals surface area contributed by atoms with E-state index in [0.717, 1.165) is 19.5 Å². The lowest BCUT2D eigenvalue weighted by molar-refractivity contribution is 0.223. The first-order chi connectivity index (χ1) is 13.3. The van der Waals surface area contributed by atoms with E-state index in [1.54, 1.807) is 18.2 Å². The largest absolute Gasteiger partial charge is 0.493 e. The molecule has 0 amide bonds. The molecule has 0 aromatic heterocycles. The molecule has 3 rings (SSSR count). The van der Waals surface area contributed by atoms with E-state index in [-0.39, 0.29) is 11.0 Å². The van der Waals surface area contributed by atoms with Crippen LogP contribution in [-0.4, -0.2) is 41.8 Å². The summed E-state index contributed by atoms with van der Waals surface area (Å²) in [7, 11) is -0.983. The summed E-state index contributed by atoms with van der Waals surface area (Å²) in [4.78, 5) is 0.0163. The highest BCUT2D eigenvalue weighted by molar-refractivity contribution is 9.10. The molecule has 10 heteroatoms. The number of sulfonamides is 1. The SMILES string of the molecule is COc1cc(Br)c(S(=O)(=O)Nc2ccc(Cl)c(OC3CCNC3)c2)cc1OC. The number of hydrogen-bond donors (Lipinski definition) is 2. The number of ether oxygens (including phenoxy) is 3. The van der Waals surface area contributed by atoms with Crippen LogP contribution in [0.25, 0.3) is 0 Å². The van der Waals surface area contributed by atoms with Gasteiger partial charge in [0.05, 0.1) is 24.9 Å². The fourth-order valence-electron chi connectivity index (χ4n) is 2.82. The highest BCUT2D eigenvalue weighted by atomic mass is 79.9. The summed E-state index contributed by atoms with van der Waals surface area (Å²) in [5.74, 6) is 1.16. The standard InChI is InChI=1S/C18H20BrClN2O5S/c1-25-16-8-13(19)18(9-17(16)26-2)28(23,24)22-11-3-4-14(20)15(7-11)27-12-5-6-21-10-12/h3-4,7-9,12,21-22H,5-6,10H2,1-2H3. The van der Waals surface area contributed by atoms with Crippen molar-refractivity contribution < 1.29 is 22.6 Å². The maximum Gasteiger partial charge on any atom is 0.263 e. The van der Waals surface area contributed by atoms with Crippen molar-refractivity contribution in [1.82, 2.24) is 5.32 Å². The Morgan fingerprint density at radius 2 is 1.86 bits per heavy atom. The molecule has 152 valence electrons. The Morgan fingerprint density at radius 3 is 2.50 bits per heavy atom. The minimum atomic E-state index is -3.90. The van der Waals surface area contributed by atoms with E-state index >= 15 is 0 Å². The van der Waals surface area contributed by atoms with Gasteiger partial charge in [-0.15, -0.1) is 0 Å². The summed E-state index contributed by atoms with van der Waals surface area (Å²) < 4.78 is 45.0. The molecule has 1 heterocycles.